The number of aromatic nitrogens is 3. The molecule has 0 spiro atoms. The topological polar surface area (TPSA) is 99.3 Å². The van der Waals surface area contributed by atoms with Crippen LogP contribution >= 0.6 is 11.6 Å². The van der Waals surface area contributed by atoms with E-state index in [-0.39, 0.29) is 10.7 Å². The highest BCUT2D eigenvalue weighted by atomic mass is 35.5. The van der Waals surface area contributed by atoms with Crippen molar-refractivity contribution in [2.45, 2.75) is 0 Å². The highest BCUT2D eigenvalue weighted by Crippen LogP contribution is 2.33. The molecule has 0 aliphatic heterocycles. The highest BCUT2D eigenvalue weighted by Gasteiger charge is 2.18. The van der Waals surface area contributed by atoms with Gasteiger partial charge in [0.05, 0.1) is 16.7 Å². The number of furan rings is 1. The van der Waals surface area contributed by atoms with Crippen LogP contribution in [-0.2, 0) is 0 Å². The Morgan fingerprint density at radius 3 is 2.77 bits per heavy atom. The van der Waals surface area contributed by atoms with Crippen LogP contribution in [0, 0.1) is 10.1 Å². The molecule has 0 atom stereocenters. The molecule has 3 rings (SSSR count). The predicted molar refractivity (Wildman–Crippen MR) is 78.8 cm³/mol. The van der Waals surface area contributed by atoms with E-state index in [0.717, 1.165) is 0 Å². The zero-order valence-corrected chi connectivity index (χ0v) is 11.7. The minimum atomic E-state index is -0.505. The molecule has 8 nitrogen and oxygen atoms in total. The Hall–Kier alpha value is -3.00. The van der Waals surface area contributed by atoms with Gasteiger partial charge < -0.3 is 4.42 Å². The molecule has 0 bridgehead atoms. The molecular formula is C13H8ClN5O3. The van der Waals surface area contributed by atoms with Gasteiger partial charge in [-0.3, -0.25) is 10.1 Å². The van der Waals surface area contributed by atoms with E-state index in [2.05, 4.69) is 15.3 Å². The molecule has 3 aromatic rings. The van der Waals surface area contributed by atoms with Crippen LogP contribution in [-0.4, -0.2) is 26.0 Å². The van der Waals surface area contributed by atoms with Crippen LogP contribution in [0.1, 0.15) is 5.76 Å². The first kappa shape index (κ1) is 14.0. The van der Waals surface area contributed by atoms with E-state index in [0.29, 0.717) is 17.1 Å². The molecule has 0 radical (unpaired) electrons. The van der Waals surface area contributed by atoms with Crippen LogP contribution in [0.25, 0.3) is 11.3 Å². The average Bonchev–Trinajstić information content (AvgIpc) is 3.16. The molecule has 0 aliphatic rings. The van der Waals surface area contributed by atoms with Gasteiger partial charge in [0.15, 0.2) is 0 Å². The first-order valence-corrected chi connectivity index (χ1v) is 6.44. The van der Waals surface area contributed by atoms with Crippen molar-refractivity contribution < 1.29 is 9.34 Å². The molecule has 0 saturated carbocycles. The summed E-state index contributed by atoms with van der Waals surface area (Å²) in [5, 5.41) is 22.6. The van der Waals surface area contributed by atoms with Gasteiger partial charge in [0.25, 0.3) is 5.69 Å². The fourth-order valence-corrected chi connectivity index (χ4v) is 1.98. The first-order valence-electron chi connectivity index (χ1n) is 6.06. The smallest absolute Gasteiger partial charge is 0.281 e. The van der Waals surface area contributed by atoms with Crippen LogP contribution in [0.3, 0.4) is 0 Å². The van der Waals surface area contributed by atoms with E-state index >= 15 is 0 Å². The number of hydrogen-bond donors (Lipinski definition) is 0. The summed E-state index contributed by atoms with van der Waals surface area (Å²) in [6.07, 6.45) is 4.30. The van der Waals surface area contributed by atoms with Gasteiger partial charge in [0.2, 0.25) is 0 Å². The van der Waals surface area contributed by atoms with E-state index in [1.165, 1.54) is 29.6 Å². The van der Waals surface area contributed by atoms with Gasteiger partial charge in [0, 0.05) is 11.1 Å². The van der Waals surface area contributed by atoms with Crippen molar-refractivity contribution >= 4 is 23.5 Å². The number of rotatable bonds is 4. The predicted octanol–water partition coefficient (Wildman–Crippen LogP) is 2.98. The molecule has 2 aromatic heterocycles. The van der Waals surface area contributed by atoms with Crippen molar-refractivity contribution in [2.75, 3.05) is 0 Å². The second-order valence-corrected chi connectivity index (χ2v) is 4.64. The van der Waals surface area contributed by atoms with Crippen molar-refractivity contribution in [1.29, 1.82) is 0 Å². The van der Waals surface area contributed by atoms with E-state index in [1.807, 2.05) is 0 Å². The molecule has 0 saturated heterocycles. The van der Waals surface area contributed by atoms with Gasteiger partial charge >= 0.3 is 0 Å². The summed E-state index contributed by atoms with van der Waals surface area (Å²) in [6.45, 7) is 0. The van der Waals surface area contributed by atoms with Crippen LogP contribution < -0.4 is 0 Å². The number of halogens is 1. The Kier molecular flexibility index (Phi) is 3.67. The van der Waals surface area contributed by atoms with Crippen LogP contribution in [0.2, 0.25) is 5.02 Å². The minimum absolute atomic E-state index is 0.121. The SMILES string of the molecule is O=[N+]([O-])c1cc(Cl)ccc1-c1ccc(/C=N/n2cnnc2)o1. The number of nitrogens with zero attached hydrogens (tertiary/aromatic N) is 5. The molecule has 110 valence electrons. The molecule has 2 heterocycles. The lowest BCUT2D eigenvalue weighted by molar-refractivity contribution is -0.384. The first-order chi connectivity index (χ1) is 10.6. The summed E-state index contributed by atoms with van der Waals surface area (Å²) in [4.78, 5) is 10.6. The Morgan fingerprint density at radius 2 is 2.05 bits per heavy atom. The number of nitro groups is 1. The molecule has 0 aliphatic carbocycles. The Bertz CT molecular complexity index is 841. The van der Waals surface area contributed by atoms with Gasteiger partial charge in [-0.1, -0.05) is 11.6 Å². The molecule has 0 fully saturated rings. The number of benzene rings is 1. The third-order valence-electron chi connectivity index (χ3n) is 2.77. The summed E-state index contributed by atoms with van der Waals surface area (Å²) in [5.41, 5.74) is 0.225. The highest BCUT2D eigenvalue weighted by molar-refractivity contribution is 6.30. The monoisotopic (exact) mass is 317 g/mol. The standard InChI is InChI=1S/C13H8ClN5O3/c14-9-1-3-11(12(5-9)19(20)21)13-4-2-10(22-13)6-17-18-7-15-16-8-18/h1-8H/b17-6+. The van der Waals surface area contributed by atoms with Gasteiger partial charge in [-0.25, -0.2) is 4.68 Å². The number of nitro benzene ring substituents is 1. The maximum atomic E-state index is 11.1. The van der Waals surface area contributed by atoms with E-state index in [1.54, 1.807) is 24.3 Å². The van der Waals surface area contributed by atoms with E-state index < -0.39 is 4.92 Å². The molecule has 1 aromatic carbocycles. The third-order valence-corrected chi connectivity index (χ3v) is 3.01. The summed E-state index contributed by atoms with van der Waals surface area (Å²) in [5.74, 6) is 0.793. The zero-order valence-electron chi connectivity index (χ0n) is 11.0. The van der Waals surface area contributed by atoms with Gasteiger partial charge in [-0.05, 0) is 24.3 Å². The third kappa shape index (κ3) is 2.86. The fraction of sp³-hybridized carbons (Fsp3) is 0. The van der Waals surface area contributed by atoms with Crippen molar-refractivity contribution in [3.63, 3.8) is 0 Å². The van der Waals surface area contributed by atoms with Crippen molar-refractivity contribution in [3.8, 4) is 11.3 Å². The van der Waals surface area contributed by atoms with Gasteiger partial charge in [-0.2, -0.15) is 5.10 Å². The minimum Gasteiger partial charge on any atom is -0.455 e. The lowest BCUT2D eigenvalue weighted by Crippen LogP contribution is -1.91. The van der Waals surface area contributed by atoms with Crippen molar-refractivity contribution in [3.05, 3.63) is 63.9 Å². The summed E-state index contributed by atoms with van der Waals surface area (Å²) >= 11 is 5.79. The average molecular weight is 318 g/mol. The van der Waals surface area contributed by atoms with Crippen LogP contribution in [0.4, 0.5) is 5.69 Å². The maximum Gasteiger partial charge on any atom is 0.281 e. The summed E-state index contributed by atoms with van der Waals surface area (Å²) < 4.78 is 6.94. The Balaban J connectivity index is 1.92. The largest absolute Gasteiger partial charge is 0.455 e. The van der Waals surface area contributed by atoms with Gasteiger partial charge in [0.1, 0.15) is 24.2 Å². The molecular weight excluding hydrogens is 310 g/mol. The quantitative estimate of drug-likeness (QED) is 0.418. The zero-order chi connectivity index (χ0) is 15.5. The van der Waals surface area contributed by atoms with E-state index in [9.17, 15) is 10.1 Å². The second-order valence-electron chi connectivity index (χ2n) is 4.21. The van der Waals surface area contributed by atoms with E-state index in [4.69, 9.17) is 16.0 Å². The summed E-state index contributed by atoms with van der Waals surface area (Å²) in [7, 11) is 0. The lowest BCUT2D eigenvalue weighted by atomic mass is 10.1. The lowest BCUT2D eigenvalue weighted by Gasteiger charge is -2.00. The second kappa shape index (κ2) is 5.78. The van der Waals surface area contributed by atoms with Crippen LogP contribution in [0.15, 0.2) is 52.5 Å². The molecule has 9 heteroatoms. The molecule has 0 N–H and O–H groups in total. The van der Waals surface area contributed by atoms with Crippen LogP contribution in [0.5, 0.6) is 0 Å². The number of hydrogen-bond acceptors (Lipinski definition) is 6. The fourth-order valence-electron chi connectivity index (χ4n) is 1.81. The molecule has 0 amide bonds. The molecule has 22 heavy (non-hydrogen) atoms. The normalized spacial score (nSPS) is 11.1. The molecule has 0 unspecified atom stereocenters. The maximum absolute atomic E-state index is 11.1. The van der Waals surface area contributed by atoms with Gasteiger partial charge in [-0.15, -0.1) is 10.2 Å². The van der Waals surface area contributed by atoms with Crippen molar-refractivity contribution in [1.82, 2.24) is 14.9 Å². The summed E-state index contributed by atoms with van der Waals surface area (Å²) in [6, 6.07) is 7.67. The Morgan fingerprint density at radius 1 is 1.27 bits per heavy atom. The van der Waals surface area contributed by atoms with Crippen molar-refractivity contribution in [2.24, 2.45) is 5.10 Å². The Labute approximate surface area is 128 Å².